The lowest BCUT2D eigenvalue weighted by Crippen LogP contribution is -2.36. The Labute approximate surface area is 146 Å². The Hall–Kier alpha value is -3.09. The molecule has 2 rings (SSSR count). The van der Waals surface area contributed by atoms with E-state index in [0.717, 1.165) is 0 Å². The average molecular weight is 343 g/mol. The first-order valence-electron chi connectivity index (χ1n) is 7.70. The number of nitrogens with one attached hydrogen (secondary N) is 1. The van der Waals surface area contributed by atoms with Crippen molar-refractivity contribution in [3.8, 4) is 11.5 Å². The molecule has 1 N–H and O–H groups in total. The number of carbonyl (C=O) groups is 2. The van der Waals surface area contributed by atoms with Gasteiger partial charge in [0.15, 0.2) is 0 Å². The van der Waals surface area contributed by atoms with Gasteiger partial charge in [-0.3, -0.25) is 14.6 Å². The topological polar surface area (TPSA) is 80.8 Å². The number of amides is 2. The second-order valence-electron chi connectivity index (χ2n) is 5.31. The fourth-order valence-corrected chi connectivity index (χ4v) is 2.24. The molecule has 0 unspecified atom stereocenters. The van der Waals surface area contributed by atoms with Gasteiger partial charge in [-0.05, 0) is 24.3 Å². The molecule has 0 atom stereocenters. The highest BCUT2D eigenvalue weighted by Gasteiger charge is 2.16. The first kappa shape index (κ1) is 18.3. The summed E-state index contributed by atoms with van der Waals surface area (Å²) in [7, 11) is 3.05. The number of benzene rings is 1. The molecule has 0 bridgehead atoms. The van der Waals surface area contributed by atoms with Gasteiger partial charge in [0, 0.05) is 19.2 Å². The Balaban J connectivity index is 2.08. The van der Waals surface area contributed by atoms with E-state index in [0.29, 0.717) is 22.9 Å². The lowest BCUT2D eigenvalue weighted by atomic mass is 10.2. The van der Waals surface area contributed by atoms with Crippen LogP contribution < -0.4 is 14.8 Å². The second-order valence-corrected chi connectivity index (χ2v) is 5.31. The van der Waals surface area contributed by atoms with E-state index < -0.39 is 0 Å². The number of nitrogens with zero attached hydrogens (tertiary/aromatic N) is 2. The van der Waals surface area contributed by atoms with Crippen LogP contribution in [-0.4, -0.2) is 42.5 Å². The molecule has 0 saturated carbocycles. The van der Waals surface area contributed by atoms with Crippen LogP contribution in [0.3, 0.4) is 0 Å². The van der Waals surface area contributed by atoms with Crippen LogP contribution in [0.25, 0.3) is 0 Å². The number of anilines is 1. The molecule has 2 aromatic rings. The molecule has 1 aromatic carbocycles. The summed E-state index contributed by atoms with van der Waals surface area (Å²) < 4.78 is 10.4. The third kappa shape index (κ3) is 5.20. The quantitative estimate of drug-likeness (QED) is 0.832. The standard InChI is InChI=1S/C18H21N3O4/c1-13(22)21(11-14-6-4-5-9-19-14)12-18(23)20-16-10-15(24-2)7-8-17(16)25-3/h4-10H,11-12H2,1-3H3,(H,20,23). The minimum Gasteiger partial charge on any atom is -0.497 e. The van der Waals surface area contributed by atoms with E-state index in [4.69, 9.17) is 9.47 Å². The molecule has 0 aliphatic heterocycles. The summed E-state index contributed by atoms with van der Waals surface area (Å²) in [4.78, 5) is 29.8. The van der Waals surface area contributed by atoms with Crippen LogP contribution in [0.5, 0.6) is 11.5 Å². The van der Waals surface area contributed by atoms with E-state index >= 15 is 0 Å². The van der Waals surface area contributed by atoms with Gasteiger partial charge in [-0.25, -0.2) is 0 Å². The van der Waals surface area contributed by atoms with Crippen molar-refractivity contribution in [3.63, 3.8) is 0 Å². The molecule has 1 heterocycles. The molecule has 0 saturated heterocycles. The molecule has 0 spiro atoms. The zero-order valence-electron chi connectivity index (χ0n) is 14.5. The molecule has 25 heavy (non-hydrogen) atoms. The molecule has 2 amide bonds. The lowest BCUT2D eigenvalue weighted by Gasteiger charge is -2.20. The Morgan fingerprint density at radius 2 is 1.96 bits per heavy atom. The largest absolute Gasteiger partial charge is 0.497 e. The van der Waals surface area contributed by atoms with Gasteiger partial charge >= 0.3 is 0 Å². The van der Waals surface area contributed by atoms with Crippen LogP contribution in [0.1, 0.15) is 12.6 Å². The SMILES string of the molecule is COc1ccc(OC)c(NC(=O)CN(Cc2ccccn2)C(C)=O)c1. The molecule has 7 heteroatoms. The monoisotopic (exact) mass is 343 g/mol. The molecule has 0 aliphatic rings. The van der Waals surface area contributed by atoms with E-state index in [1.807, 2.05) is 6.07 Å². The minimum atomic E-state index is -0.335. The third-order valence-electron chi connectivity index (χ3n) is 3.54. The van der Waals surface area contributed by atoms with Crippen LogP contribution in [0, 0.1) is 0 Å². The van der Waals surface area contributed by atoms with E-state index in [1.165, 1.54) is 26.0 Å². The number of pyridine rings is 1. The van der Waals surface area contributed by atoms with Crippen molar-refractivity contribution in [1.29, 1.82) is 0 Å². The summed E-state index contributed by atoms with van der Waals surface area (Å²) in [5, 5.41) is 2.75. The van der Waals surface area contributed by atoms with Crippen LogP contribution in [-0.2, 0) is 16.1 Å². The predicted molar refractivity (Wildman–Crippen MR) is 93.5 cm³/mol. The summed E-state index contributed by atoms with van der Waals surface area (Å²) in [5.74, 6) is 0.553. The van der Waals surface area contributed by atoms with E-state index in [9.17, 15) is 9.59 Å². The summed E-state index contributed by atoms with van der Waals surface area (Å²) >= 11 is 0. The van der Waals surface area contributed by atoms with Gasteiger partial charge < -0.3 is 19.7 Å². The smallest absolute Gasteiger partial charge is 0.244 e. The van der Waals surface area contributed by atoms with Crippen molar-refractivity contribution in [2.45, 2.75) is 13.5 Å². The second kappa shape index (κ2) is 8.68. The third-order valence-corrected chi connectivity index (χ3v) is 3.54. The number of hydrogen-bond acceptors (Lipinski definition) is 5. The van der Waals surface area contributed by atoms with Crippen molar-refractivity contribution >= 4 is 17.5 Å². The molecular weight excluding hydrogens is 322 g/mol. The maximum atomic E-state index is 12.4. The van der Waals surface area contributed by atoms with Crippen molar-refractivity contribution in [2.75, 3.05) is 26.1 Å². The highest BCUT2D eigenvalue weighted by molar-refractivity contribution is 5.95. The van der Waals surface area contributed by atoms with Crippen molar-refractivity contribution < 1.29 is 19.1 Å². The highest BCUT2D eigenvalue weighted by atomic mass is 16.5. The average Bonchev–Trinajstić information content (AvgIpc) is 2.61. The Morgan fingerprint density at radius 1 is 1.16 bits per heavy atom. The first-order valence-corrected chi connectivity index (χ1v) is 7.70. The van der Waals surface area contributed by atoms with E-state index in [-0.39, 0.29) is 24.9 Å². The Bertz CT molecular complexity index is 734. The number of methoxy groups -OCH3 is 2. The number of ether oxygens (including phenoxy) is 2. The summed E-state index contributed by atoms with van der Waals surface area (Å²) in [6, 6.07) is 10.5. The van der Waals surface area contributed by atoms with Gasteiger partial charge in [-0.15, -0.1) is 0 Å². The van der Waals surface area contributed by atoms with Crippen LogP contribution >= 0.6 is 0 Å². The molecule has 0 fully saturated rings. The van der Waals surface area contributed by atoms with Crippen molar-refractivity contribution in [3.05, 3.63) is 48.3 Å². The number of hydrogen-bond donors (Lipinski definition) is 1. The molecule has 7 nitrogen and oxygen atoms in total. The fraction of sp³-hybridized carbons (Fsp3) is 0.278. The molecular formula is C18H21N3O4. The van der Waals surface area contributed by atoms with E-state index in [2.05, 4.69) is 10.3 Å². The lowest BCUT2D eigenvalue weighted by molar-refractivity contribution is -0.133. The zero-order chi connectivity index (χ0) is 18.2. The predicted octanol–water partition coefficient (Wildman–Crippen LogP) is 2.09. The zero-order valence-corrected chi connectivity index (χ0v) is 14.5. The van der Waals surface area contributed by atoms with Crippen molar-refractivity contribution in [1.82, 2.24) is 9.88 Å². The maximum absolute atomic E-state index is 12.4. The Kier molecular flexibility index (Phi) is 6.33. The van der Waals surface area contributed by atoms with Gasteiger partial charge in [0.25, 0.3) is 0 Å². The van der Waals surface area contributed by atoms with Crippen LogP contribution in [0.2, 0.25) is 0 Å². The number of rotatable bonds is 7. The van der Waals surface area contributed by atoms with Crippen LogP contribution in [0.15, 0.2) is 42.6 Å². The maximum Gasteiger partial charge on any atom is 0.244 e. The van der Waals surface area contributed by atoms with Gasteiger partial charge in [-0.1, -0.05) is 6.07 Å². The summed E-state index contributed by atoms with van der Waals surface area (Å²) in [5.41, 5.74) is 1.19. The van der Waals surface area contributed by atoms with Gasteiger partial charge in [0.1, 0.15) is 18.0 Å². The number of carbonyl (C=O) groups excluding carboxylic acids is 2. The molecule has 0 radical (unpaired) electrons. The number of aromatic nitrogens is 1. The fourth-order valence-electron chi connectivity index (χ4n) is 2.24. The normalized spacial score (nSPS) is 10.0. The van der Waals surface area contributed by atoms with Crippen molar-refractivity contribution in [2.24, 2.45) is 0 Å². The first-order chi connectivity index (χ1) is 12.0. The van der Waals surface area contributed by atoms with E-state index in [1.54, 1.807) is 36.5 Å². The molecule has 1 aromatic heterocycles. The minimum absolute atomic E-state index is 0.0910. The Morgan fingerprint density at radius 3 is 2.56 bits per heavy atom. The molecule has 0 aliphatic carbocycles. The molecule has 132 valence electrons. The van der Waals surface area contributed by atoms with Gasteiger partial charge in [-0.2, -0.15) is 0 Å². The van der Waals surface area contributed by atoms with Gasteiger partial charge in [0.2, 0.25) is 11.8 Å². The summed E-state index contributed by atoms with van der Waals surface area (Å²) in [6.07, 6.45) is 1.65. The van der Waals surface area contributed by atoms with Crippen LogP contribution in [0.4, 0.5) is 5.69 Å². The highest BCUT2D eigenvalue weighted by Crippen LogP contribution is 2.28. The van der Waals surface area contributed by atoms with Gasteiger partial charge in [0.05, 0.1) is 32.1 Å². The summed E-state index contributed by atoms with van der Waals surface area (Å²) in [6.45, 7) is 1.59.